The molecule has 0 saturated heterocycles. The first-order valence-corrected chi connectivity index (χ1v) is 5.38. The highest BCUT2D eigenvalue weighted by atomic mass is 35.5. The monoisotopic (exact) mass is 245 g/mol. The van der Waals surface area contributed by atoms with Crippen molar-refractivity contribution in [2.45, 2.75) is 32.4 Å². The van der Waals surface area contributed by atoms with Gasteiger partial charge in [-0.05, 0) is 27.3 Å². The van der Waals surface area contributed by atoms with Gasteiger partial charge >= 0.3 is 5.97 Å². The molecule has 0 spiro atoms. The van der Waals surface area contributed by atoms with Crippen molar-refractivity contribution >= 4 is 17.6 Å². The fourth-order valence-corrected chi connectivity index (χ4v) is 1.46. The number of aliphatic carboxylic acids is 1. The van der Waals surface area contributed by atoms with Gasteiger partial charge in [-0.25, -0.2) is 0 Å². The summed E-state index contributed by atoms with van der Waals surface area (Å²) in [6.45, 7) is 4.02. The topological polar surface area (TPSA) is 67.2 Å². The van der Waals surface area contributed by atoms with Crippen LogP contribution in [0.3, 0.4) is 0 Å². The molecule has 1 aromatic rings. The van der Waals surface area contributed by atoms with E-state index in [9.17, 15) is 4.79 Å². The predicted octanol–water partition coefficient (Wildman–Crippen LogP) is 1.30. The van der Waals surface area contributed by atoms with Crippen LogP contribution in [-0.4, -0.2) is 33.4 Å². The Morgan fingerprint density at radius 1 is 1.75 bits per heavy atom. The van der Waals surface area contributed by atoms with Crippen LogP contribution >= 0.6 is 11.6 Å². The molecule has 0 aliphatic carbocycles. The number of nitrogens with zero attached hydrogens (tertiary/aromatic N) is 2. The first-order valence-electron chi connectivity index (χ1n) is 5.01. The molecule has 16 heavy (non-hydrogen) atoms. The van der Waals surface area contributed by atoms with Crippen molar-refractivity contribution in [3.63, 3.8) is 0 Å². The first kappa shape index (κ1) is 13.0. The van der Waals surface area contributed by atoms with Crippen LogP contribution in [0.25, 0.3) is 0 Å². The van der Waals surface area contributed by atoms with Crippen molar-refractivity contribution in [2.75, 3.05) is 7.05 Å². The highest BCUT2D eigenvalue weighted by Crippen LogP contribution is 2.16. The van der Waals surface area contributed by atoms with Crippen LogP contribution in [0, 0.1) is 6.92 Å². The summed E-state index contributed by atoms with van der Waals surface area (Å²) in [6.07, 6.45) is 2.01. The molecule has 0 aromatic carbocycles. The molecule has 0 aliphatic rings. The number of aromatic nitrogens is 2. The number of hydrogen-bond donors (Lipinski definition) is 2. The molecule has 1 aromatic heterocycles. The first-order chi connectivity index (χ1) is 7.40. The van der Waals surface area contributed by atoms with E-state index in [0.717, 1.165) is 5.69 Å². The number of nitrogens with one attached hydrogen (secondary N) is 1. The Bertz CT molecular complexity index is 391. The van der Waals surface area contributed by atoms with Gasteiger partial charge in [0.05, 0.1) is 16.9 Å². The normalized spacial score (nSPS) is 14.8. The second-order valence-electron chi connectivity index (χ2n) is 3.94. The zero-order chi connectivity index (χ0) is 12.3. The smallest absolute Gasteiger partial charge is 0.323 e. The SMILES string of the molecule is CNC(C)(CCn1ncc(Cl)c1C)C(=O)O. The number of carboxylic acids is 1. The maximum Gasteiger partial charge on any atom is 0.323 e. The fraction of sp³-hybridized carbons (Fsp3) is 0.600. The molecule has 1 heterocycles. The molecule has 1 atom stereocenters. The van der Waals surface area contributed by atoms with Gasteiger partial charge in [-0.15, -0.1) is 0 Å². The molecule has 1 unspecified atom stereocenters. The number of aryl methyl sites for hydroxylation is 1. The summed E-state index contributed by atoms with van der Waals surface area (Å²) in [6, 6.07) is 0. The maximum atomic E-state index is 11.0. The van der Waals surface area contributed by atoms with Gasteiger partial charge in [0.15, 0.2) is 0 Å². The third-order valence-corrected chi connectivity index (χ3v) is 3.26. The summed E-state index contributed by atoms with van der Waals surface area (Å²) in [7, 11) is 1.64. The lowest BCUT2D eigenvalue weighted by molar-refractivity contribution is -0.144. The van der Waals surface area contributed by atoms with Crippen molar-refractivity contribution in [1.29, 1.82) is 0 Å². The Hall–Kier alpha value is -1.07. The van der Waals surface area contributed by atoms with Gasteiger partial charge < -0.3 is 10.4 Å². The highest BCUT2D eigenvalue weighted by Gasteiger charge is 2.30. The van der Waals surface area contributed by atoms with Crippen molar-refractivity contribution in [2.24, 2.45) is 0 Å². The Morgan fingerprint density at radius 2 is 2.38 bits per heavy atom. The third kappa shape index (κ3) is 2.54. The predicted molar refractivity (Wildman–Crippen MR) is 61.7 cm³/mol. The summed E-state index contributed by atoms with van der Waals surface area (Å²) in [5, 5.41) is 16.5. The lowest BCUT2D eigenvalue weighted by Crippen LogP contribution is -2.48. The Labute approximate surface area is 99.4 Å². The lowest BCUT2D eigenvalue weighted by Gasteiger charge is -2.24. The van der Waals surface area contributed by atoms with Crippen LogP contribution < -0.4 is 5.32 Å². The summed E-state index contributed by atoms with van der Waals surface area (Å²) < 4.78 is 1.71. The number of carbonyl (C=O) groups is 1. The van der Waals surface area contributed by atoms with Gasteiger partial charge in [-0.2, -0.15) is 5.10 Å². The Morgan fingerprint density at radius 3 is 2.75 bits per heavy atom. The molecular weight excluding hydrogens is 230 g/mol. The van der Waals surface area contributed by atoms with E-state index in [4.69, 9.17) is 16.7 Å². The minimum absolute atomic E-state index is 0.442. The number of halogens is 1. The minimum Gasteiger partial charge on any atom is -0.480 e. The number of rotatable bonds is 5. The summed E-state index contributed by atoms with van der Waals surface area (Å²) in [4.78, 5) is 11.0. The van der Waals surface area contributed by atoms with E-state index < -0.39 is 11.5 Å². The number of likely N-dealkylation sites (N-methyl/N-ethyl adjacent to an activating group) is 1. The van der Waals surface area contributed by atoms with Gasteiger partial charge in [0, 0.05) is 6.54 Å². The van der Waals surface area contributed by atoms with E-state index >= 15 is 0 Å². The van der Waals surface area contributed by atoms with E-state index in [2.05, 4.69) is 10.4 Å². The maximum absolute atomic E-state index is 11.0. The quantitative estimate of drug-likeness (QED) is 0.821. The van der Waals surface area contributed by atoms with E-state index in [-0.39, 0.29) is 0 Å². The van der Waals surface area contributed by atoms with Crippen LogP contribution in [0.5, 0.6) is 0 Å². The minimum atomic E-state index is -0.940. The standard InChI is InChI=1S/C10H16ClN3O2/c1-7-8(11)6-13-14(7)5-4-10(2,12-3)9(15)16/h6,12H,4-5H2,1-3H3,(H,15,16). The molecule has 5 nitrogen and oxygen atoms in total. The largest absolute Gasteiger partial charge is 0.480 e. The van der Waals surface area contributed by atoms with Crippen molar-refractivity contribution in [3.8, 4) is 0 Å². The van der Waals surface area contributed by atoms with Crippen LogP contribution in [0.15, 0.2) is 6.20 Å². The molecule has 2 N–H and O–H groups in total. The van der Waals surface area contributed by atoms with Gasteiger partial charge in [0.25, 0.3) is 0 Å². The third-order valence-electron chi connectivity index (χ3n) is 2.89. The van der Waals surface area contributed by atoms with E-state index in [1.807, 2.05) is 6.92 Å². The molecule has 0 aliphatic heterocycles. The second-order valence-corrected chi connectivity index (χ2v) is 4.35. The van der Waals surface area contributed by atoms with Gasteiger partial charge in [0.2, 0.25) is 0 Å². The molecule has 0 saturated carbocycles. The second kappa shape index (κ2) is 4.84. The molecule has 6 heteroatoms. The van der Waals surface area contributed by atoms with Crippen LogP contribution in [0.4, 0.5) is 0 Å². The number of carboxylic acid groups (broad SMARTS) is 1. The number of hydrogen-bond acceptors (Lipinski definition) is 3. The molecule has 0 fully saturated rings. The zero-order valence-corrected chi connectivity index (χ0v) is 10.4. The molecular formula is C10H16ClN3O2. The van der Waals surface area contributed by atoms with Gasteiger partial charge in [0.1, 0.15) is 5.54 Å². The molecule has 90 valence electrons. The van der Waals surface area contributed by atoms with Crippen molar-refractivity contribution in [3.05, 3.63) is 16.9 Å². The Balaban J connectivity index is 2.70. The van der Waals surface area contributed by atoms with E-state index in [1.165, 1.54) is 0 Å². The highest BCUT2D eigenvalue weighted by molar-refractivity contribution is 6.31. The lowest BCUT2D eigenvalue weighted by atomic mass is 9.98. The van der Waals surface area contributed by atoms with Crippen molar-refractivity contribution < 1.29 is 9.90 Å². The molecule has 0 amide bonds. The van der Waals surface area contributed by atoms with Crippen LogP contribution in [-0.2, 0) is 11.3 Å². The van der Waals surface area contributed by atoms with E-state index in [1.54, 1.807) is 24.9 Å². The van der Waals surface area contributed by atoms with Crippen LogP contribution in [0.1, 0.15) is 19.0 Å². The van der Waals surface area contributed by atoms with Crippen molar-refractivity contribution in [1.82, 2.24) is 15.1 Å². The summed E-state index contributed by atoms with van der Waals surface area (Å²) in [5.74, 6) is -0.870. The fourth-order valence-electron chi connectivity index (χ4n) is 1.32. The van der Waals surface area contributed by atoms with Crippen LogP contribution in [0.2, 0.25) is 5.02 Å². The molecule has 0 bridgehead atoms. The average molecular weight is 246 g/mol. The van der Waals surface area contributed by atoms with Gasteiger partial charge in [-0.3, -0.25) is 9.48 Å². The van der Waals surface area contributed by atoms with E-state index in [0.29, 0.717) is 18.0 Å². The summed E-state index contributed by atoms with van der Waals surface area (Å²) >= 11 is 5.86. The Kier molecular flexibility index (Phi) is 3.93. The molecule has 0 radical (unpaired) electrons. The van der Waals surface area contributed by atoms with Gasteiger partial charge in [-0.1, -0.05) is 11.6 Å². The summed E-state index contributed by atoms with van der Waals surface area (Å²) in [5.41, 5.74) is -0.0873. The molecule has 1 rings (SSSR count). The zero-order valence-electron chi connectivity index (χ0n) is 9.62. The average Bonchev–Trinajstić information content (AvgIpc) is 2.56.